The van der Waals surface area contributed by atoms with E-state index in [2.05, 4.69) is 34.6 Å². The largest absolute Gasteiger partial charge is 0.496 e. The van der Waals surface area contributed by atoms with E-state index in [0.29, 0.717) is 23.6 Å². The van der Waals surface area contributed by atoms with E-state index in [-0.39, 0.29) is 5.91 Å². The topological polar surface area (TPSA) is 63.4 Å². The number of para-hydroxylation sites is 1. The number of aromatic amines is 1. The fraction of sp³-hybridized carbons (Fsp3) is 0.160. The lowest BCUT2D eigenvalue weighted by Gasteiger charge is -2.13. The van der Waals surface area contributed by atoms with Crippen LogP contribution >= 0.6 is 11.8 Å². The van der Waals surface area contributed by atoms with Gasteiger partial charge in [0.1, 0.15) is 17.1 Å². The minimum Gasteiger partial charge on any atom is -0.496 e. The van der Waals surface area contributed by atoms with Crippen molar-refractivity contribution in [3.8, 4) is 22.8 Å². The number of methoxy groups -OCH3 is 2. The van der Waals surface area contributed by atoms with E-state index in [1.54, 1.807) is 44.2 Å². The number of hydrogen-bond donors (Lipinski definition) is 2. The molecule has 0 spiro atoms. The molecule has 6 heteroatoms. The molecule has 2 N–H and O–H groups in total. The van der Waals surface area contributed by atoms with Crippen LogP contribution in [0.1, 0.15) is 10.4 Å². The Bertz CT molecular complexity index is 1170. The van der Waals surface area contributed by atoms with Gasteiger partial charge in [-0.05, 0) is 23.8 Å². The van der Waals surface area contributed by atoms with E-state index in [9.17, 15) is 4.79 Å². The van der Waals surface area contributed by atoms with Crippen LogP contribution in [-0.4, -0.2) is 37.4 Å². The molecule has 31 heavy (non-hydrogen) atoms. The number of rotatable bonds is 8. The Balaban J connectivity index is 1.49. The molecule has 4 rings (SSSR count). The second-order valence-corrected chi connectivity index (χ2v) is 7.99. The average molecular weight is 433 g/mol. The Morgan fingerprint density at radius 3 is 2.29 bits per heavy atom. The third-order valence-electron chi connectivity index (χ3n) is 5.01. The zero-order chi connectivity index (χ0) is 21.6. The number of aromatic nitrogens is 1. The summed E-state index contributed by atoms with van der Waals surface area (Å²) in [6.07, 6.45) is 0. The SMILES string of the molecule is COc1cccc(OC)c1C(=O)NCCSc1c(-c2ccccc2)[nH]c2ccccc12. The highest BCUT2D eigenvalue weighted by Gasteiger charge is 2.18. The van der Waals surface area contributed by atoms with Crippen LogP contribution in [0.4, 0.5) is 0 Å². The Morgan fingerprint density at radius 2 is 1.58 bits per heavy atom. The predicted molar refractivity (Wildman–Crippen MR) is 126 cm³/mol. The van der Waals surface area contributed by atoms with Crippen molar-refractivity contribution in [2.24, 2.45) is 0 Å². The number of amides is 1. The standard InChI is InChI=1S/C25H24N2O3S/c1-29-20-13-8-14-21(30-2)22(20)25(28)26-15-16-31-24-18-11-6-7-12-19(18)27-23(24)17-9-4-3-5-10-17/h3-14,27H,15-16H2,1-2H3,(H,26,28). The van der Waals surface area contributed by atoms with E-state index in [4.69, 9.17) is 9.47 Å². The minimum atomic E-state index is -0.211. The van der Waals surface area contributed by atoms with Crippen LogP contribution < -0.4 is 14.8 Å². The summed E-state index contributed by atoms with van der Waals surface area (Å²) in [6, 6.07) is 23.9. The number of nitrogens with one attached hydrogen (secondary N) is 2. The van der Waals surface area contributed by atoms with Gasteiger partial charge < -0.3 is 19.8 Å². The molecule has 1 heterocycles. The van der Waals surface area contributed by atoms with Crippen molar-refractivity contribution in [3.05, 3.63) is 78.4 Å². The van der Waals surface area contributed by atoms with Gasteiger partial charge in [-0.25, -0.2) is 0 Å². The number of fused-ring (bicyclic) bond motifs is 1. The fourth-order valence-corrected chi connectivity index (χ4v) is 4.61. The highest BCUT2D eigenvalue weighted by molar-refractivity contribution is 7.99. The third kappa shape index (κ3) is 4.39. The zero-order valence-electron chi connectivity index (χ0n) is 17.5. The maximum absolute atomic E-state index is 12.8. The zero-order valence-corrected chi connectivity index (χ0v) is 18.3. The van der Waals surface area contributed by atoms with Crippen LogP contribution in [-0.2, 0) is 0 Å². The highest BCUT2D eigenvalue weighted by Crippen LogP contribution is 2.37. The Labute approximate surface area is 185 Å². The van der Waals surface area contributed by atoms with E-state index in [1.165, 1.54) is 10.3 Å². The van der Waals surface area contributed by atoms with Gasteiger partial charge in [-0.15, -0.1) is 11.8 Å². The van der Waals surface area contributed by atoms with Gasteiger partial charge in [-0.2, -0.15) is 0 Å². The summed E-state index contributed by atoms with van der Waals surface area (Å²) in [4.78, 5) is 17.5. The van der Waals surface area contributed by atoms with Crippen LogP contribution in [0.25, 0.3) is 22.2 Å². The summed E-state index contributed by atoms with van der Waals surface area (Å²) in [6.45, 7) is 0.512. The molecule has 158 valence electrons. The molecule has 0 bridgehead atoms. The molecule has 0 fully saturated rings. The molecule has 0 aliphatic heterocycles. The van der Waals surface area contributed by atoms with Gasteiger partial charge in [0.15, 0.2) is 0 Å². The number of carbonyl (C=O) groups excluding carboxylic acids is 1. The number of thioether (sulfide) groups is 1. The van der Waals surface area contributed by atoms with Gasteiger partial charge in [0.2, 0.25) is 0 Å². The van der Waals surface area contributed by atoms with Gasteiger partial charge in [0.05, 0.1) is 19.9 Å². The smallest absolute Gasteiger partial charge is 0.258 e. The molecule has 5 nitrogen and oxygen atoms in total. The lowest BCUT2D eigenvalue weighted by Crippen LogP contribution is -2.26. The second-order valence-electron chi connectivity index (χ2n) is 6.88. The predicted octanol–water partition coefficient (Wildman–Crippen LogP) is 5.37. The molecule has 4 aromatic rings. The van der Waals surface area contributed by atoms with Crippen molar-refractivity contribution in [1.29, 1.82) is 0 Å². The van der Waals surface area contributed by atoms with E-state index >= 15 is 0 Å². The maximum atomic E-state index is 12.8. The van der Waals surface area contributed by atoms with Crippen molar-refractivity contribution in [1.82, 2.24) is 10.3 Å². The molecule has 0 saturated heterocycles. The Hall–Kier alpha value is -3.38. The highest BCUT2D eigenvalue weighted by atomic mass is 32.2. The first-order valence-corrected chi connectivity index (χ1v) is 11.0. The average Bonchev–Trinajstić information content (AvgIpc) is 3.20. The lowest BCUT2D eigenvalue weighted by molar-refractivity contribution is 0.0950. The lowest BCUT2D eigenvalue weighted by atomic mass is 10.1. The summed E-state index contributed by atoms with van der Waals surface area (Å²) in [7, 11) is 3.09. The molecule has 0 unspecified atom stereocenters. The summed E-state index contributed by atoms with van der Waals surface area (Å²) in [5, 5.41) is 4.17. The van der Waals surface area contributed by atoms with Crippen LogP contribution in [0, 0.1) is 0 Å². The minimum absolute atomic E-state index is 0.211. The van der Waals surface area contributed by atoms with E-state index in [0.717, 1.165) is 22.5 Å². The van der Waals surface area contributed by atoms with Crippen molar-refractivity contribution < 1.29 is 14.3 Å². The number of ether oxygens (including phenoxy) is 2. The molecule has 0 atom stereocenters. The first kappa shape index (κ1) is 20.9. The first-order chi connectivity index (χ1) is 15.2. The van der Waals surface area contributed by atoms with Crippen LogP contribution in [0.3, 0.4) is 0 Å². The van der Waals surface area contributed by atoms with E-state index in [1.807, 2.05) is 30.3 Å². The summed E-state index contributed by atoms with van der Waals surface area (Å²) >= 11 is 1.73. The molecule has 0 radical (unpaired) electrons. The number of benzene rings is 3. The molecule has 0 aliphatic carbocycles. The number of hydrogen-bond acceptors (Lipinski definition) is 4. The molecule has 0 aliphatic rings. The normalized spacial score (nSPS) is 10.8. The molecule has 3 aromatic carbocycles. The summed E-state index contributed by atoms with van der Waals surface area (Å²) < 4.78 is 10.7. The maximum Gasteiger partial charge on any atom is 0.258 e. The van der Waals surface area contributed by atoms with Crippen molar-refractivity contribution in [2.45, 2.75) is 4.90 Å². The van der Waals surface area contributed by atoms with Crippen LogP contribution in [0.2, 0.25) is 0 Å². The number of H-pyrrole nitrogens is 1. The molecular formula is C25H24N2O3S. The van der Waals surface area contributed by atoms with Crippen molar-refractivity contribution in [2.75, 3.05) is 26.5 Å². The van der Waals surface area contributed by atoms with Crippen LogP contribution in [0.15, 0.2) is 77.7 Å². The van der Waals surface area contributed by atoms with Gasteiger partial charge in [0.25, 0.3) is 5.91 Å². The van der Waals surface area contributed by atoms with E-state index < -0.39 is 0 Å². The van der Waals surface area contributed by atoms with Gasteiger partial charge in [0, 0.05) is 28.1 Å². The molecule has 1 aromatic heterocycles. The molecule has 0 saturated carbocycles. The second kappa shape index (κ2) is 9.62. The fourth-order valence-electron chi connectivity index (χ4n) is 3.56. The monoisotopic (exact) mass is 432 g/mol. The number of carbonyl (C=O) groups is 1. The van der Waals surface area contributed by atoms with Crippen LogP contribution in [0.5, 0.6) is 11.5 Å². The van der Waals surface area contributed by atoms with Gasteiger partial charge in [-0.3, -0.25) is 4.79 Å². The Morgan fingerprint density at radius 1 is 0.903 bits per heavy atom. The molecule has 1 amide bonds. The first-order valence-electron chi connectivity index (χ1n) is 10.0. The van der Waals surface area contributed by atoms with Crippen molar-refractivity contribution in [3.63, 3.8) is 0 Å². The summed E-state index contributed by atoms with van der Waals surface area (Å²) in [5.41, 5.74) is 3.76. The third-order valence-corrected chi connectivity index (χ3v) is 6.13. The Kier molecular flexibility index (Phi) is 6.48. The van der Waals surface area contributed by atoms with Crippen molar-refractivity contribution >= 4 is 28.6 Å². The van der Waals surface area contributed by atoms with Gasteiger partial charge in [-0.1, -0.05) is 54.6 Å². The van der Waals surface area contributed by atoms with Gasteiger partial charge >= 0.3 is 0 Å². The quantitative estimate of drug-likeness (QED) is 0.290. The summed E-state index contributed by atoms with van der Waals surface area (Å²) in [5.74, 6) is 1.50. The molecular weight excluding hydrogens is 408 g/mol.